The van der Waals surface area contributed by atoms with Crippen molar-refractivity contribution in [2.24, 2.45) is 5.92 Å². The van der Waals surface area contributed by atoms with E-state index in [0.717, 1.165) is 18.5 Å². The molecule has 2 nitrogen and oxygen atoms in total. The summed E-state index contributed by atoms with van der Waals surface area (Å²) in [6, 6.07) is 0. The maximum absolute atomic E-state index is 11.7. The van der Waals surface area contributed by atoms with Gasteiger partial charge in [0.15, 0.2) is 0 Å². The van der Waals surface area contributed by atoms with Gasteiger partial charge in [-0.3, -0.25) is 4.79 Å². The van der Waals surface area contributed by atoms with E-state index >= 15 is 0 Å². The molecule has 1 unspecified atom stereocenters. The zero-order chi connectivity index (χ0) is 11.6. The number of carbonyl (C=O) groups excluding carboxylic acids is 1. The lowest BCUT2D eigenvalue weighted by Crippen LogP contribution is -2.24. The molecule has 0 saturated carbocycles. The summed E-state index contributed by atoms with van der Waals surface area (Å²) in [5.41, 5.74) is 1.43. The minimum absolute atomic E-state index is 0.0961. The minimum atomic E-state index is 0.0961. The van der Waals surface area contributed by atoms with Gasteiger partial charge >= 0.3 is 0 Å². The number of allylic oxidation sites excluding steroid dienone is 3. The maximum atomic E-state index is 11.7. The predicted octanol–water partition coefficient (Wildman–Crippen LogP) is 3.07. The van der Waals surface area contributed by atoms with Gasteiger partial charge in [-0.2, -0.15) is 0 Å². The van der Waals surface area contributed by atoms with E-state index in [-0.39, 0.29) is 11.8 Å². The van der Waals surface area contributed by atoms with Crippen LogP contribution in [0, 0.1) is 5.92 Å². The van der Waals surface area contributed by atoms with Crippen molar-refractivity contribution in [1.82, 2.24) is 4.90 Å². The molecule has 1 aliphatic heterocycles. The lowest BCUT2D eigenvalue weighted by atomic mass is 10.1. The number of likely N-dealkylation sites (tertiary alicyclic amines) is 1. The number of hydrogen-bond acceptors (Lipinski definition) is 1. The average molecular weight is 226 g/mol. The van der Waals surface area contributed by atoms with Crippen LogP contribution >= 0.6 is 11.6 Å². The molecular weight excluding hydrogens is 210 g/mol. The van der Waals surface area contributed by atoms with E-state index in [1.54, 1.807) is 11.0 Å². The summed E-state index contributed by atoms with van der Waals surface area (Å²) < 4.78 is 0. The van der Waals surface area contributed by atoms with Crippen LogP contribution in [0.4, 0.5) is 0 Å². The number of hydrogen-bond donors (Lipinski definition) is 0. The summed E-state index contributed by atoms with van der Waals surface area (Å²) in [7, 11) is 0. The highest BCUT2D eigenvalue weighted by Crippen LogP contribution is 2.23. The number of amides is 1. The quantitative estimate of drug-likeness (QED) is 0.676. The Labute approximate surface area is 95.9 Å². The maximum Gasteiger partial charge on any atom is 0.229 e. The topological polar surface area (TPSA) is 20.3 Å². The molecule has 1 aliphatic rings. The zero-order valence-corrected chi connectivity index (χ0v) is 9.97. The second-order valence-corrected chi connectivity index (χ2v) is 4.35. The molecule has 3 heteroatoms. The van der Waals surface area contributed by atoms with Crippen molar-refractivity contribution < 1.29 is 4.79 Å². The van der Waals surface area contributed by atoms with Crippen LogP contribution in [-0.4, -0.2) is 17.4 Å². The average Bonchev–Trinajstić information content (AvgIpc) is 2.47. The van der Waals surface area contributed by atoms with E-state index in [2.05, 4.69) is 13.2 Å². The standard InChI is InChI=1S/C12H16ClNO/c1-8(2)11(13)7-10(4)14-6-5-9(3)12(14)15/h7,9H,1,4-6H2,2-3H3/b11-7+. The van der Waals surface area contributed by atoms with Crippen LogP contribution in [0.15, 0.2) is 35.5 Å². The zero-order valence-electron chi connectivity index (χ0n) is 9.22. The van der Waals surface area contributed by atoms with Gasteiger partial charge in [0.25, 0.3) is 0 Å². The molecule has 1 atom stereocenters. The third kappa shape index (κ3) is 2.72. The summed E-state index contributed by atoms with van der Waals surface area (Å²) in [6.07, 6.45) is 2.58. The molecule has 1 amide bonds. The molecule has 0 aromatic carbocycles. The van der Waals surface area contributed by atoms with Crippen LogP contribution in [0.2, 0.25) is 0 Å². The molecule has 0 radical (unpaired) electrons. The molecular formula is C12H16ClNO. The van der Waals surface area contributed by atoms with E-state index < -0.39 is 0 Å². The van der Waals surface area contributed by atoms with E-state index in [9.17, 15) is 4.79 Å². The highest BCUT2D eigenvalue weighted by molar-refractivity contribution is 6.32. The second kappa shape index (κ2) is 4.67. The first-order valence-corrected chi connectivity index (χ1v) is 5.34. The molecule has 1 rings (SSSR count). The highest BCUT2D eigenvalue weighted by Gasteiger charge is 2.28. The van der Waals surface area contributed by atoms with Crippen LogP contribution in [-0.2, 0) is 4.79 Å². The van der Waals surface area contributed by atoms with E-state index in [1.165, 1.54) is 0 Å². The smallest absolute Gasteiger partial charge is 0.229 e. The number of rotatable bonds is 3. The normalized spacial score (nSPS) is 22.1. The summed E-state index contributed by atoms with van der Waals surface area (Å²) in [6.45, 7) is 12.1. The van der Waals surface area contributed by atoms with Crippen LogP contribution < -0.4 is 0 Å². The molecule has 1 heterocycles. The van der Waals surface area contributed by atoms with Gasteiger partial charge in [-0.15, -0.1) is 0 Å². The van der Waals surface area contributed by atoms with Crippen molar-refractivity contribution in [1.29, 1.82) is 0 Å². The van der Waals surface area contributed by atoms with Crippen molar-refractivity contribution in [2.75, 3.05) is 6.54 Å². The number of halogens is 1. The third-order valence-corrected chi connectivity index (χ3v) is 2.95. The first-order chi connectivity index (χ1) is 6.93. The van der Waals surface area contributed by atoms with Crippen molar-refractivity contribution in [3.05, 3.63) is 35.5 Å². The van der Waals surface area contributed by atoms with Crippen molar-refractivity contribution in [2.45, 2.75) is 20.3 Å². The molecule has 82 valence electrons. The van der Waals surface area contributed by atoms with Gasteiger partial charge in [0, 0.05) is 23.2 Å². The van der Waals surface area contributed by atoms with Gasteiger partial charge in [0.2, 0.25) is 5.91 Å². The van der Waals surface area contributed by atoms with Crippen LogP contribution in [0.25, 0.3) is 0 Å². The van der Waals surface area contributed by atoms with Gasteiger partial charge in [-0.05, 0) is 25.0 Å². The molecule has 0 spiro atoms. The second-order valence-electron chi connectivity index (χ2n) is 3.94. The summed E-state index contributed by atoms with van der Waals surface area (Å²) in [4.78, 5) is 13.3. The summed E-state index contributed by atoms with van der Waals surface area (Å²) in [5.74, 6) is 0.223. The fourth-order valence-corrected chi connectivity index (χ4v) is 1.58. The van der Waals surface area contributed by atoms with Gasteiger partial charge < -0.3 is 4.90 Å². The van der Waals surface area contributed by atoms with Crippen molar-refractivity contribution in [3.63, 3.8) is 0 Å². The molecule has 1 saturated heterocycles. The Balaban J connectivity index is 2.75. The molecule has 0 aromatic heterocycles. The van der Waals surface area contributed by atoms with E-state index in [4.69, 9.17) is 11.6 Å². The molecule has 1 fully saturated rings. The summed E-state index contributed by atoms with van der Waals surface area (Å²) >= 11 is 5.94. The number of carbonyl (C=O) groups is 1. The van der Waals surface area contributed by atoms with E-state index in [0.29, 0.717) is 10.7 Å². The van der Waals surface area contributed by atoms with Crippen LogP contribution in [0.3, 0.4) is 0 Å². The van der Waals surface area contributed by atoms with Crippen LogP contribution in [0.5, 0.6) is 0 Å². The largest absolute Gasteiger partial charge is 0.313 e. The lowest BCUT2D eigenvalue weighted by molar-refractivity contribution is -0.128. The molecule has 0 N–H and O–H groups in total. The third-order valence-electron chi connectivity index (χ3n) is 2.52. The van der Waals surface area contributed by atoms with Crippen molar-refractivity contribution >= 4 is 17.5 Å². The Morgan fingerprint density at radius 3 is 2.60 bits per heavy atom. The van der Waals surface area contributed by atoms with Gasteiger partial charge in [0.1, 0.15) is 0 Å². The fraction of sp³-hybridized carbons (Fsp3) is 0.417. The Kier molecular flexibility index (Phi) is 3.75. The molecule has 0 bridgehead atoms. The van der Waals surface area contributed by atoms with E-state index in [1.807, 2.05) is 13.8 Å². The Morgan fingerprint density at radius 2 is 2.20 bits per heavy atom. The predicted molar refractivity (Wildman–Crippen MR) is 63.4 cm³/mol. The Morgan fingerprint density at radius 1 is 1.60 bits per heavy atom. The monoisotopic (exact) mass is 225 g/mol. The first-order valence-electron chi connectivity index (χ1n) is 4.97. The van der Waals surface area contributed by atoms with Crippen LogP contribution in [0.1, 0.15) is 20.3 Å². The first kappa shape index (κ1) is 12.1. The van der Waals surface area contributed by atoms with Crippen molar-refractivity contribution in [3.8, 4) is 0 Å². The lowest BCUT2D eigenvalue weighted by Gasteiger charge is -2.16. The fourth-order valence-electron chi connectivity index (χ4n) is 1.45. The Bertz CT molecular complexity index is 344. The van der Waals surface area contributed by atoms with Gasteiger partial charge in [-0.25, -0.2) is 0 Å². The SMILES string of the molecule is C=C(C)/C(Cl)=C\C(=C)N1CCC(C)C1=O. The molecule has 0 aromatic rings. The molecule has 15 heavy (non-hydrogen) atoms. The highest BCUT2D eigenvalue weighted by atomic mass is 35.5. The summed E-state index contributed by atoms with van der Waals surface area (Å²) in [5, 5.41) is 0.548. The minimum Gasteiger partial charge on any atom is -0.313 e. The Hall–Kier alpha value is -1.02. The molecule has 0 aliphatic carbocycles. The van der Waals surface area contributed by atoms with Gasteiger partial charge in [-0.1, -0.05) is 31.7 Å². The number of nitrogens with zero attached hydrogens (tertiary/aromatic N) is 1. The van der Waals surface area contributed by atoms with Gasteiger partial charge in [0.05, 0.1) is 0 Å².